The molecule has 2 rings (SSSR count). The van der Waals surface area contributed by atoms with Crippen molar-refractivity contribution in [3.8, 4) is 0 Å². The van der Waals surface area contributed by atoms with Crippen LogP contribution >= 0.6 is 34.9 Å². The molecule has 0 aromatic carbocycles. The highest BCUT2D eigenvalue weighted by Gasteiger charge is 2.27. The molecule has 0 saturated carbocycles. The smallest absolute Gasteiger partial charge is 0.0318 e. The summed E-state index contributed by atoms with van der Waals surface area (Å²) in [6.45, 7) is 4.61. The summed E-state index contributed by atoms with van der Waals surface area (Å²) in [5.41, 5.74) is 0. The molecule has 0 amide bonds. The molecule has 0 nitrogen and oxygen atoms in total. The Morgan fingerprint density at radius 2 is 1.46 bits per heavy atom. The molecule has 0 fully saturated rings. The van der Waals surface area contributed by atoms with Crippen molar-refractivity contribution in [2.45, 2.75) is 47.0 Å². The highest BCUT2D eigenvalue weighted by molar-refractivity contribution is 8.06. The van der Waals surface area contributed by atoms with Gasteiger partial charge < -0.3 is 0 Å². The van der Waals surface area contributed by atoms with Crippen molar-refractivity contribution in [1.29, 1.82) is 0 Å². The Bertz CT molecular complexity index is 253. The molecule has 2 atom stereocenters. The second kappa shape index (κ2) is 4.28. The zero-order chi connectivity index (χ0) is 9.26. The minimum atomic E-state index is 0.831. The minimum Gasteiger partial charge on any atom is -0.150 e. The number of hydrogen-bond donors (Lipinski definition) is 0. The van der Waals surface area contributed by atoms with Crippen molar-refractivity contribution in [2.75, 3.05) is 0 Å². The summed E-state index contributed by atoms with van der Waals surface area (Å²) in [4.78, 5) is 3.04. The lowest BCUT2D eigenvalue weighted by Gasteiger charge is -2.28. The van der Waals surface area contributed by atoms with Gasteiger partial charge in [0.25, 0.3) is 0 Å². The summed E-state index contributed by atoms with van der Waals surface area (Å²) in [5.74, 6) is 0. The number of rotatable bonds is 2. The van der Waals surface area contributed by atoms with E-state index in [9.17, 15) is 0 Å². The van der Waals surface area contributed by atoms with Crippen molar-refractivity contribution < 1.29 is 0 Å². The van der Waals surface area contributed by atoms with E-state index >= 15 is 0 Å². The first kappa shape index (κ1) is 9.94. The molecule has 0 N–H and O–H groups in total. The molecule has 0 unspecified atom stereocenters. The average molecular weight is 230 g/mol. The van der Waals surface area contributed by atoms with E-state index in [4.69, 9.17) is 0 Å². The number of thioether (sulfide) groups is 2. The molecule has 3 heteroatoms. The maximum atomic E-state index is 2.30. The molecule has 0 radical (unpaired) electrons. The van der Waals surface area contributed by atoms with Crippen molar-refractivity contribution in [1.82, 2.24) is 0 Å². The van der Waals surface area contributed by atoms with Crippen LogP contribution in [-0.4, -0.2) is 10.5 Å². The molecule has 0 bridgehead atoms. The molecular formula is C10H14S3. The highest BCUT2D eigenvalue weighted by Crippen LogP contribution is 2.48. The van der Waals surface area contributed by atoms with Gasteiger partial charge in [0, 0.05) is 31.1 Å². The summed E-state index contributed by atoms with van der Waals surface area (Å²) in [6, 6.07) is 0. The fraction of sp³-hybridized carbons (Fsp3) is 0.600. The molecular weight excluding hydrogens is 216 g/mol. The first-order chi connectivity index (χ1) is 6.35. The maximum absolute atomic E-state index is 2.30. The molecule has 72 valence electrons. The van der Waals surface area contributed by atoms with E-state index in [1.807, 2.05) is 11.3 Å². The van der Waals surface area contributed by atoms with Gasteiger partial charge in [-0.25, -0.2) is 0 Å². The molecule has 0 saturated heterocycles. The van der Waals surface area contributed by atoms with Crippen LogP contribution in [0.15, 0.2) is 20.6 Å². The Morgan fingerprint density at radius 3 is 1.85 bits per heavy atom. The fourth-order valence-electron chi connectivity index (χ4n) is 1.62. The first-order valence-corrected chi connectivity index (χ1v) is 7.44. The Morgan fingerprint density at radius 1 is 1.00 bits per heavy atom. The monoisotopic (exact) mass is 230 g/mol. The van der Waals surface area contributed by atoms with E-state index in [2.05, 4.69) is 48.1 Å². The van der Waals surface area contributed by atoms with E-state index < -0.39 is 0 Å². The Hall–Kier alpha value is 0.400. The summed E-state index contributed by atoms with van der Waals surface area (Å²) >= 11 is 6.01. The normalized spacial score (nSPS) is 27.2. The van der Waals surface area contributed by atoms with Gasteiger partial charge in [-0.1, -0.05) is 13.8 Å². The molecule has 0 aliphatic carbocycles. The molecule has 1 aliphatic heterocycles. The van der Waals surface area contributed by atoms with E-state index in [0.29, 0.717) is 0 Å². The third-order valence-corrected chi connectivity index (χ3v) is 6.83. The van der Waals surface area contributed by atoms with Gasteiger partial charge in [0.2, 0.25) is 0 Å². The predicted molar refractivity (Wildman–Crippen MR) is 64.2 cm³/mol. The van der Waals surface area contributed by atoms with Gasteiger partial charge in [0.1, 0.15) is 0 Å². The predicted octanol–water partition coefficient (Wildman–Crippen LogP) is 4.50. The second-order valence-corrected chi connectivity index (χ2v) is 6.54. The van der Waals surface area contributed by atoms with Gasteiger partial charge in [-0.2, -0.15) is 11.3 Å². The SMILES string of the molecule is CC[C@H]1Sc2cscc2S[C@@H]1CC. The summed E-state index contributed by atoms with van der Waals surface area (Å²) in [7, 11) is 0. The van der Waals surface area contributed by atoms with Gasteiger partial charge in [-0.3, -0.25) is 0 Å². The fourth-order valence-corrected chi connectivity index (χ4v) is 5.76. The zero-order valence-corrected chi connectivity index (χ0v) is 10.4. The van der Waals surface area contributed by atoms with E-state index in [0.717, 1.165) is 10.5 Å². The molecule has 0 spiro atoms. The second-order valence-electron chi connectivity index (χ2n) is 3.23. The van der Waals surface area contributed by atoms with Crippen LogP contribution in [0, 0.1) is 0 Å². The van der Waals surface area contributed by atoms with E-state index in [1.165, 1.54) is 22.6 Å². The molecule has 1 aromatic heterocycles. The van der Waals surface area contributed by atoms with Crippen LogP contribution in [0.4, 0.5) is 0 Å². The largest absolute Gasteiger partial charge is 0.150 e. The molecule has 2 heterocycles. The van der Waals surface area contributed by atoms with E-state index in [-0.39, 0.29) is 0 Å². The molecule has 13 heavy (non-hydrogen) atoms. The number of fused-ring (bicyclic) bond motifs is 1. The number of thiophene rings is 1. The van der Waals surface area contributed by atoms with Gasteiger partial charge in [0.15, 0.2) is 0 Å². The Balaban J connectivity index is 2.20. The quantitative estimate of drug-likeness (QED) is 0.733. The lowest BCUT2D eigenvalue weighted by Crippen LogP contribution is -2.20. The zero-order valence-electron chi connectivity index (χ0n) is 7.95. The first-order valence-electron chi connectivity index (χ1n) is 4.74. The van der Waals surface area contributed by atoms with Gasteiger partial charge in [-0.15, -0.1) is 23.5 Å². The topological polar surface area (TPSA) is 0 Å². The Labute approximate surface area is 92.5 Å². The maximum Gasteiger partial charge on any atom is 0.0318 e. The van der Waals surface area contributed by atoms with E-state index in [1.54, 1.807) is 0 Å². The Kier molecular flexibility index (Phi) is 3.27. The van der Waals surface area contributed by atoms with Gasteiger partial charge >= 0.3 is 0 Å². The van der Waals surface area contributed by atoms with Crippen LogP contribution < -0.4 is 0 Å². The summed E-state index contributed by atoms with van der Waals surface area (Å²) in [6.07, 6.45) is 2.59. The molecule has 1 aliphatic rings. The van der Waals surface area contributed by atoms with Crippen molar-refractivity contribution in [2.24, 2.45) is 0 Å². The molecule has 1 aromatic rings. The minimum absolute atomic E-state index is 0.831. The third kappa shape index (κ3) is 1.92. The number of hydrogen-bond acceptors (Lipinski definition) is 3. The van der Waals surface area contributed by atoms with Crippen LogP contribution in [0.1, 0.15) is 26.7 Å². The highest BCUT2D eigenvalue weighted by atomic mass is 32.2. The van der Waals surface area contributed by atoms with Crippen molar-refractivity contribution in [3.63, 3.8) is 0 Å². The lowest BCUT2D eigenvalue weighted by molar-refractivity contribution is 0.730. The van der Waals surface area contributed by atoms with Crippen LogP contribution in [0.25, 0.3) is 0 Å². The average Bonchev–Trinajstić information content (AvgIpc) is 2.62. The van der Waals surface area contributed by atoms with Crippen LogP contribution in [0.3, 0.4) is 0 Å². The van der Waals surface area contributed by atoms with Crippen LogP contribution in [-0.2, 0) is 0 Å². The summed E-state index contributed by atoms with van der Waals surface area (Å²) in [5, 5.41) is 6.25. The van der Waals surface area contributed by atoms with Crippen molar-refractivity contribution in [3.05, 3.63) is 10.8 Å². The van der Waals surface area contributed by atoms with Gasteiger partial charge in [-0.05, 0) is 12.8 Å². The third-order valence-electron chi connectivity index (χ3n) is 2.37. The van der Waals surface area contributed by atoms with Crippen molar-refractivity contribution >= 4 is 34.9 Å². The lowest BCUT2D eigenvalue weighted by atomic mass is 10.2. The summed E-state index contributed by atoms with van der Waals surface area (Å²) < 4.78 is 0. The van der Waals surface area contributed by atoms with Crippen LogP contribution in [0.2, 0.25) is 0 Å². The van der Waals surface area contributed by atoms with Gasteiger partial charge in [0.05, 0.1) is 0 Å². The van der Waals surface area contributed by atoms with Crippen LogP contribution in [0.5, 0.6) is 0 Å². The standard InChI is InChI=1S/C10H14S3/c1-3-7-8(4-2)13-10-6-11-5-9(10)12-7/h5-8H,3-4H2,1-2H3/t7-,8-/m1/s1.